The van der Waals surface area contributed by atoms with Crippen molar-refractivity contribution in [1.29, 1.82) is 0 Å². The van der Waals surface area contributed by atoms with E-state index in [2.05, 4.69) is 36.8 Å². The van der Waals surface area contributed by atoms with Gasteiger partial charge in [-0.3, -0.25) is 10.1 Å². The zero-order valence-corrected chi connectivity index (χ0v) is 13.6. The second kappa shape index (κ2) is 5.50. The number of nitrogens with one attached hydrogen (secondary N) is 1. The fourth-order valence-corrected chi connectivity index (χ4v) is 3.29. The summed E-state index contributed by atoms with van der Waals surface area (Å²) >= 11 is 6.60. The molecule has 0 radical (unpaired) electrons. The van der Waals surface area contributed by atoms with E-state index >= 15 is 0 Å². The predicted molar refractivity (Wildman–Crippen MR) is 86.9 cm³/mol. The summed E-state index contributed by atoms with van der Waals surface area (Å²) in [4.78, 5) is 13.5. The number of rotatable bonds is 3. The van der Waals surface area contributed by atoms with Crippen LogP contribution in [-0.4, -0.2) is 9.91 Å². The Kier molecular flexibility index (Phi) is 3.69. The molecule has 1 heterocycles. The third-order valence-corrected chi connectivity index (χ3v) is 4.12. The van der Waals surface area contributed by atoms with Crippen LogP contribution in [0.5, 0.6) is 11.5 Å². The van der Waals surface area contributed by atoms with E-state index in [9.17, 15) is 10.1 Å². The number of benzene rings is 2. The summed E-state index contributed by atoms with van der Waals surface area (Å²) in [6, 6.07) is 10.4. The first-order valence-electron chi connectivity index (χ1n) is 5.93. The number of aromatic amines is 1. The lowest BCUT2D eigenvalue weighted by Crippen LogP contribution is -1.92. The van der Waals surface area contributed by atoms with Gasteiger partial charge in [0.25, 0.3) is 5.69 Å². The molecule has 0 spiro atoms. The van der Waals surface area contributed by atoms with Gasteiger partial charge in [-0.25, -0.2) is 0 Å². The van der Waals surface area contributed by atoms with Crippen molar-refractivity contribution in [3.63, 3.8) is 0 Å². The molecule has 106 valence electrons. The molecule has 2 aromatic carbocycles. The summed E-state index contributed by atoms with van der Waals surface area (Å²) < 4.78 is 6.85. The van der Waals surface area contributed by atoms with Crippen LogP contribution < -0.4 is 4.74 Å². The Hall–Kier alpha value is -1.86. The maximum atomic E-state index is 10.8. The second-order valence-electron chi connectivity index (χ2n) is 4.32. The van der Waals surface area contributed by atoms with Crippen molar-refractivity contribution in [2.75, 3.05) is 0 Å². The molecule has 1 N–H and O–H groups in total. The Labute approximate surface area is 136 Å². The van der Waals surface area contributed by atoms with E-state index in [-0.39, 0.29) is 5.69 Å². The Balaban J connectivity index is 1.99. The van der Waals surface area contributed by atoms with Crippen molar-refractivity contribution < 1.29 is 9.66 Å². The summed E-state index contributed by atoms with van der Waals surface area (Å²) in [7, 11) is 0. The Morgan fingerprint density at radius 1 is 1.10 bits per heavy atom. The van der Waals surface area contributed by atoms with E-state index in [1.807, 2.05) is 30.5 Å². The fourth-order valence-electron chi connectivity index (χ4n) is 1.96. The van der Waals surface area contributed by atoms with Gasteiger partial charge in [-0.2, -0.15) is 0 Å². The molecule has 0 aliphatic heterocycles. The minimum atomic E-state index is -0.453. The molecule has 0 fully saturated rings. The number of nitro groups is 1. The number of aromatic nitrogens is 1. The molecule has 0 unspecified atom stereocenters. The fraction of sp³-hybridized carbons (Fsp3) is 0. The summed E-state index contributed by atoms with van der Waals surface area (Å²) in [5, 5.41) is 11.8. The molecule has 0 saturated carbocycles. The Morgan fingerprint density at radius 2 is 1.81 bits per heavy atom. The van der Waals surface area contributed by atoms with Crippen molar-refractivity contribution in [2.24, 2.45) is 0 Å². The Morgan fingerprint density at radius 3 is 2.48 bits per heavy atom. The highest BCUT2D eigenvalue weighted by molar-refractivity contribution is 9.11. The average Bonchev–Trinajstić information content (AvgIpc) is 2.90. The van der Waals surface area contributed by atoms with E-state index in [1.165, 1.54) is 12.1 Å². The smallest absolute Gasteiger partial charge is 0.271 e. The minimum Gasteiger partial charge on any atom is -0.455 e. The van der Waals surface area contributed by atoms with Crippen molar-refractivity contribution in [2.45, 2.75) is 0 Å². The van der Waals surface area contributed by atoms with Gasteiger partial charge in [0.2, 0.25) is 0 Å². The van der Waals surface area contributed by atoms with Gasteiger partial charge >= 0.3 is 0 Å². The molecule has 0 aliphatic carbocycles. The number of nitrogens with zero attached hydrogens (tertiary/aromatic N) is 1. The molecule has 0 atom stereocenters. The molecule has 3 aromatic rings. The SMILES string of the molecule is O=[N+]([O-])c1cc(Br)c(Oc2ccc3[nH]ccc3c2)c(Br)c1. The average molecular weight is 412 g/mol. The molecule has 5 nitrogen and oxygen atoms in total. The molecule has 0 aliphatic rings. The van der Waals surface area contributed by atoms with Crippen molar-refractivity contribution in [1.82, 2.24) is 4.98 Å². The lowest BCUT2D eigenvalue weighted by Gasteiger charge is -2.10. The number of nitro benzene ring substituents is 1. The number of ether oxygens (including phenoxy) is 1. The van der Waals surface area contributed by atoms with Gasteiger partial charge in [0.15, 0.2) is 5.75 Å². The van der Waals surface area contributed by atoms with Crippen molar-refractivity contribution in [3.8, 4) is 11.5 Å². The molecule has 0 amide bonds. The van der Waals surface area contributed by atoms with Gasteiger partial charge in [0.05, 0.1) is 13.9 Å². The second-order valence-corrected chi connectivity index (χ2v) is 6.03. The lowest BCUT2D eigenvalue weighted by molar-refractivity contribution is -0.385. The molecule has 0 saturated heterocycles. The number of non-ortho nitro benzene ring substituents is 1. The van der Waals surface area contributed by atoms with Gasteiger partial charge in [-0.15, -0.1) is 0 Å². The lowest BCUT2D eigenvalue weighted by atomic mass is 10.2. The number of fused-ring (bicyclic) bond motifs is 1. The number of H-pyrrole nitrogens is 1. The molecule has 21 heavy (non-hydrogen) atoms. The summed E-state index contributed by atoms with van der Waals surface area (Å²) in [5.74, 6) is 1.15. The van der Waals surface area contributed by atoms with Crippen molar-refractivity contribution >= 4 is 48.5 Å². The van der Waals surface area contributed by atoms with Gasteiger partial charge in [-0.1, -0.05) is 0 Å². The monoisotopic (exact) mass is 410 g/mol. The van der Waals surface area contributed by atoms with Gasteiger partial charge in [0.1, 0.15) is 5.75 Å². The van der Waals surface area contributed by atoms with Crippen molar-refractivity contribution in [3.05, 3.63) is 61.7 Å². The highest BCUT2D eigenvalue weighted by Crippen LogP contribution is 2.40. The third kappa shape index (κ3) is 2.79. The van der Waals surface area contributed by atoms with Crippen LogP contribution in [0.3, 0.4) is 0 Å². The van der Waals surface area contributed by atoms with Crippen LogP contribution >= 0.6 is 31.9 Å². The highest BCUT2D eigenvalue weighted by atomic mass is 79.9. The van der Waals surface area contributed by atoms with Gasteiger partial charge in [0, 0.05) is 29.2 Å². The van der Waals surface area contributed by atoms with Crippen LogP contribution in [0.1, 0.15) is 0 Å². The largest absolute Gasteiger partial charge is 0.455 e. The number of hydrogen-bond donors (Lipinski definition) is 1. The molecular formula is C14H8Br2N2O3. The normalized spacial score (nSPS) is 10.8. The van der Waals surface area contributed by atoms with Crippen LogP contribution in [0.2, 0.25) is 0 Å². The first-order valence-corrected chi connectivity index (χ1v) is 7.51. The summed E-state index contributed by atoms with van der Waals surface area (Å²) in [6.07, 6.45) is 1.85. The van der Waals surface area contributed by atoms with Crippen LogP contribution in [0.15, 0.2) is 51.5 Å². The van der Waals surface area contributed by atoms with Gasteiger partial charge < -0.3 is 9.72 Å². The highest BCUT2D eigenvalue weighted by Gasteiger charge is 2.15. The summed E-state index contributed by atoms with van der Waals surface area (Å²) in [5.41, 5.74) is 1.01. The minimum absolute atomic E-state index is 0.0119. The van der Waals surface area contributed by atoms with Crippen LogP contribution in [-0.2, 0) is 0 Å². The maximum absolute atomic E-state index is 10.8. The van der Waals surface area contributed by atoms with Crippen LogP contribution in [0.25, 0.3) is 10.9 Å². The quantitative estimate of drug-likeness (QED) is 0.463. The standard InChI is InChI=1S/C14H8Br2N2O3/c15-11-6-9(18(19)20)7-12(16)14(11)21-10-1-2-13-8(5-10)3-4-17-13/h1-7,17H. The topological polar surface area (TPSA) is 68.2 Å². The van der Waals surface area contributed by atoms with E-state index in [4.69, 9.17) is 4.74 Å². The number of halogens is 2. The third-order valence-electron chi connectivity index (χ3n) is 2.94. The first kappa shape index (κ1) is 14.1. The molecule has 1 aromatic heterocycles. The molecule has 0 bridgehead atoms. The van der Waals surface area contributed by atoms with E-state index in [0.717, 1.165) is 10.9 Å². The molecule has 3 rings (SSSR count). The molecule has 7 heteroatoms. The number of hydrogen-bond acceptors (Lipinski definition) is 3. The zero-order valence-electron chi connectivity index (χ0n) is 10.5. The van der Waals surface area contributed by atoms with Crippen LogP contribution in [0, 0.1) is 10.1 Å². The maximum Gasteiger partial charge on any atom is 0.271 e. The van der Waals surface area contributed by atoms with Gasteiger partial charge in [-0.05, 0) is 56.1 Å². The van der Waals surface area contributed by atoms with E-state index in [1.54, 1.807) is 0 Å². The summed E-state index contributed by atoms with van der Waals surface area (Å²) in [6.45, 7) is 0. The van der Waals surface area contributed by atoms with E-state index < -0.39 is 4.92 Å². The van der Waals surface area contributed by atoms with E-state index in [0.29, 0.717) is 20.4 Å². The predicted octanol–water partition coefficient (Wildman–Crippen LogP) is 5.39. The molecular weight excluding hydrogens is 404 g/mol. The van der Waals surface area contributed by atoms with Crippen LogP contribution in [0.4, 0.5) is 5.69 Å². The Bertz CT molecular complexity index is 822. The zero-order chi connectivity index (χ0) is 15.0. The first-order chi connectivity index (χ1) is 10.0.